The van der Waals surface area contributed by atoms with E-state index in [4.69, 9.17) is 0 Å². The normalized spacial score (nSPS) is 17.2. The standard InChI is InChI=1S/C24H31NO/c1-18(2)17-22(19-11-5-3-6-12-19)25-24(26)23(21-15-9-10-16-21)20-13-7-4-8-14-20/h3-8,11-14,18,21-23H,9-10,15-17H2,1-2H3,(H,25,26)/t22-,23+/m1/s1. The lowest BCUT2D eigenvalue weighted by atomic mass is 9.83. The average molecular weight is 350 g/mol. The summed E-state index contributed by atoms with van der Waals surface area (Å²) in [5.74, 6) is 1.16. The van der Waals surface area contributed by atoms with E-state index in [9.17, 15) is 4.79 Å². The van der Waals surface area contributed by atoms with Gasteiger partial charge in [0.25, 0.3) is 0 Å². The first-order chi connectivity index (χ1) is 12.6. The second-order valence-electron chi connectivity index (χ2n) is 8.03. The third-order valence-electron chi connectivity index (χ3n) is 5.54. The number of carbonyl (C=O) groups excluding carboxylic acids is 1. The van der Waals surface area contributed by atoms with E-state index >= 15 is 0 Å². The van der Waals surface area contributed by atoms with Gasteiger partial charge in [-0.1, -0.05) is 87.4 Å². The summed E-state index contributed by atoms with van der Waals surface area (Å²) in [6, 6.07) is 20.8. The van der Waals surface area contributed by atoms with Gasteiger partial charge in [0.15, 0.2) is 0 Å². The maximum absolute atomic E-state index is 13.4. The Morgan fingerprint density at radius 3 is 2.00 bits per heavy atom. The quantitative estimate of drug-likeness (QED) is 0.666. The summed E-state index contributed by atoms with van der Waals surface area (Å²) in [5.41, 5.74) is 2.36. The van der Waals surface area contributed by atoms with Crippen LogP contribution in [0.2, 0.25) is 0 Å². The molecule has 0 aliphatic heterocycles. The Kier molecular flexibility index (Phi) is 6.49. The lowest BCUT2D eigenvalue weighted by Gasteiger charge is -2.28. The summed E-state index contributed by atoms with van der Waals surface area (Å²) >= 11 is 0. The van der Waals surface area contributed by atoms with Gasteiger partial charge in [0.05, 0.1) is 12.0 Å². The third kappa shape index (κ3) is 4.75. The first-order valence-corrected chi connectivity index (χ1v) is 10.1. The Hall–Kier alpha value is -2.09. The van der Waals surface area contributed by atoms with Crippen LogP contribution in [0.1, 0.15) is 69.0 Å². The molecular weight excluding hydrogens is 318 g/mol. The number of hydrogen-bond acceptors (Lipinski definition) is 1. The molecule has 26 heavy (non-hydrogen) atoms. The van der Waals surface area contributed by atoms with E-state index in [2.05, 4.69) is 55.6 Å². The molecule has 1 aliphatic rings. The number of nitrogens with one attached hydrogen (secondary N) is 1. The molecule has 2 atom stereocenters. The van der Waals surface area contributed by atoms with Crippen molar-refractivity contribution in [2.45, 2.75) is 57.9 Å². The molecular formula is C24H31NO. The van der Waals surface area contributed by atoms with E-state index in [-0.39, 0.29) is 17.9 Å². The molecule has 0 unspecified atom stereocenters. The van der Waals surface area contributed by atoms with E-state index in [1.54, 1.807) is 0 Å². The van der Waals surface area contributed by atoms with Crippen molar-refractivity contribution >= 4 is 5.91 Å². The van der Waals surface area contributed by atoms with Crippen molar-refractivity contribution in [1.29, 1.82) is 0 Å². The predicted molar refractivity (Wildman–Crippen MR) is 108 cm³/mol. The van der Waals surface area contributed by atoms with Crippen LogP contribution in [0.15, 0.2) is 60.7 Å². The summed E-state index contributed by atoms with van der Waals surface area (Å²) in [6.45, 7) is 4.43. The molecule has 2 heteroatoms. The second-order valence-corrected chi connectivity index (χ2v) is 8.03. The Morgan fingerprint density at radius 2 is 1.46 bits per heavy atom. The zero-order chi connectivity index (χ0) is 18.4. The van der Waals surface area contributed by atoms with Crippen molar-refractivity contribution in [2.24, 2.45) is 11.8 Å². The van der Waals surface area contributed by atoms with Crippen LogP contribution in [0.3, 0.4) is 0 Å². The second kappa shape index (κ2) is 9.02. The predicted octanol–water partition coefficient (Wildman–Crippen LogP) is 5.86. The first-order valence-electron chi connectivity index (χ1n) is 10.1. The molecule has 138 valence electrons. The fourth-order valence-electron chi connectivity index (χ4n) is 4.29. The van der Waals surface area contributed by atoms with E-state index < -0.39 is 0 Å². The molecule has 0 saturated heterocycles. The summed E-state index contributed by atoms with van der Waals surface area (Å²) in [6.07, 6.45) is 5.77. The topological polar surface area (TPSA) is 29.1 Å². The van der Waals surface area contributed by atoms with Gasteiger partial charge < -0.3 is 5.32 Å². The van der Waals surface area contributed by atoms with Gasteiger partial charge in [-0.15, -0.1) is 0 Å². The highest BCUT2D eigenvalue weighted by Crippen LogP contribution is 2.38. The van der Waals surface area contributed by atoms with Gasteiger partial charge >= 0.3 is 0 Å². The zero-order valence-corrected chi connectivity index (χ0v) is 16.0. The van der Waals surface area contributed by atoms with Gasteiger partial charge in [0.2, 0.25) is 5.91 Å². The van der Waals surface area contributed by atoms with Crippen molar-refractivity contribution < 1.29 is 4.79 Å². The molecule has 0 heterocycles. The fraction of sp³-hybridized carbons (Fsp3) is 0.458. The number of rotatable bonds is 7. The Labute approximate surface area is 158 Å². The minimum Gasteiger partial charge on any atom is -0.349 e. The van der Waals surface area contributed by atoms with Gasteiger partial charge in [-0.3, -0.25) is 4.79 Å². The fourth-order valence-corrected chi connectivity index (χ4v) is 4.29. The summed E-state index contributed by atoms with van der Waals surface area (Å²) in [5, 5.41) is 3.40. The van der Waals surface area contributed by atoms with Crippen molar-refractivity contribution in [1.82, 2.24) is 5.32 Å². The Bertz CT molecular complexity index is 674. The van der Waals surface area contributed by atoms with Crippen LogP contribution >= 0.6 is 0 Å². The lowest BCUT2D eigenvalue weighted by Crippen LogP contribution is -2.36. The van der Waals surface area contributed by atoms with E-state index in [0.29, 0.717) is 11.8 Å². The number of amides is 1. The molecule has 2 nitrogen and oxygen atoms in total. The maximum atomic E-state index is 13.4. The molecule has 2 aromatic rings. The van der Waals surface area contributed by atoms with Crippen LogP contribution < -0.4 is 5.32 Å². The highest BCUT2D eigenvalue weighted by Gasteiger charge is 2.33. The van der Waals surface area contributed by atoms with Crippen molar-refractivity contribution in [2.75, 3.05) is 0 Å². The molecule has 0 spiro atoms. The van der Waals surface area contributed by atoms with Gasteiger partial charge in [-0.25, -0.2) is 0 Å². The van der Waals surface area contributed by atoms with Crippen LogP contribution in [0, 0.1) is 11.8 Å². The molecule has 1 N–H and O–H groups in total. The first kappa shape index (κ1) is 18.7. The molecule has 1 saturated carbocycles. The van der Waals surface area contributed by atoms with Crippen LogP contribution in [0.4, 0.5) is 0 Å². The molecule has 1 fully saturated rings. The average Bonchev–Trinajstić information content (AvgIpc) is 3.17. The molecule has 1 aliphatic carbocycles. The highest BCUT2D eigenvalue weighted by atomic mass is 16.2. The number of hydrogen-bond donors (Lipinski definition) is 1. The van der Waals surface area contributed by atoms with Crippen molar-refractivity contribution in [3.8, 4) is 0 Å². The molecule has 0 bridgehead atoms. The molecule has 1 amide bonds. The van der Waals surface area contributed by atoms with Crippen molar-refractivity contribution in [3.63, 3.8) is 0 Å². The van der Waals surface area contributed by atoms with E-state index in [1.165, 1.54) is 18.4 Å². The molecule has 0 radical (unpaired) electrons. The molecule has 2 aromatic carbocycles. The van der Waals surface area contributed by atoms with E-state index in [0.717, 1.165) is 24.8 Å². The summed E-state index contributed by atoms with van der Waals surface area (Å²) in [4.78, 5) is 13.4. The number of carbonyl (C=O) groups is 1. The maximum Gasteiger partial charge on any atom is 0.228 e. The van der Waals surface area contributed by atoms with Crippen LogP contribution in [0.5, 0.6) is 0 Å². The summed E-state index contributed by atoms with van der Waals surface area (Å²) in [7, 11) is 0. The van der Waals surface area contributed by atoms with Gasteiger partial charge in [-0.2, -0.15) is 0 Å². The smallest absolute Gasteiger partial charge is 0.228 e. The van der Waals surface area contributed by atoms with Gasteiger partial charge in [0.1, 0.15) is 0 Å². The van der Waals surface area contributed by atoms with Crippen molar-refractivity contribution in [3.05, 3.63) is 71.8 Å². The Balaban J connectivity index is 1.83. The van der Waals surface area contributed by atoms with Gasteiger partial charge in [0, 0.05) is 0 Å². The third-order valence-corrected chi connectivity index (χ3v) is 5.54. The van der Waals surface area contributed by atoms with Gasteiger partial charge in [-0.05, 0) is 42.2 Å². The van der Waals surface area contributed by atoms with Crippen LogP contribution in [-0.4, -0.2) is 5.91 Å². The minimum atomic E-state index is -0.0305. The monoisotopic (exact) mass is 349 g/mol. The largest absolute Gasteiger partial charge is 0.349 e. The zero-order valence-electron chi connectivity index (χ0n) is 16.0. The van der Waals surface area contributed by atoms with Crippen LogP contribution in [0.25, 0.3) is 0 Å². The number of benzene rings is 2. The molecule has 3 rings (SSSR count). The highest BCUT2D eigenvalue weighted by molar-refractivity contribution is 5.84. The molecule has 0 aromatic heterocycles. The summed E-state index contributed by atoms with van der Waals surface area (Å²) < 4.78 is 0. The SMILES string of the molecule is CC(C)C[C@@H](NC(=O)[C@@H](c1ccccc1)C1CCCC1)c1ccccc1. The Morgan fingerprint density at radius 1 is 0.923 bits per heavy atom. The van der Waals surface area contributed by atoms with E-state index in [1.807, 2.05) is 24.3 Å². The minimum absolute atomic E-state index is 0.0305. The van der Waals surface area contributed by atoms with Crippen LogP contribution in [-0.2, 0) is 4.79 Å². The lowest BCUT2D eigenvalue weighted by molar-refractivity contribution is -0.124.